The van der Waals surface area contributed by atoms with E-state index in [0.29, 0.717) is 24.2 Å². The predicted molar refractivity (Wildman–Crippen MR) is 92.4 cm³/mol. The van der Waals surface area contributed by atoms with E-state index in [1.807, 2.05) is 13.8 Å². The molecule has 1 aromatic rings. The molecule has 1 fully saturated rings. The van der Waals surface area contributed by atoms with Crippen LogP contribution in [0.5, 0.6) is 0 Å². The van der Waals surface area contributed by atoms with Crippen molar-refractivity contribution in [3.8, 4) is 0 Å². The number of aromatic nitrogens is 1. The van der Waals surface area contributed by atoms with E-state index in [0.717, 1.165) is 0 Å². The van der Waals surface area contributed by atoms with Gasteiger partial charge in [-0.1, -0.05) is 19.9 Å². The van der Waals surface area contributed by atoms with Crippen molar-refractivity contribution in [1.82, 2.24) is 15.6 Å². The summed E-state index contributed by atoms with van der Waals surface area (Å²) in [7, 11) is 1.48. The van der Waals surface area contributed by atoms with Gasteiger partial charge in [-0.05, 0) is 25.0 Å². The van der Waals surface area contributed by atoms with E-state index in [2.05, 4.69) is 15.6 Å². The molecule has 1 atom stereocenters. The van der Waals surface area contributed by atoms with Crippen LogP contribution in [0.25, 0.3) is 0 Å². The summed E-state index contributed by atoms with van der Waals surface area (Å²) in [6, 6.07) is 4.29. The molecule has 140 valence electrons. The highest BCUT2D eigenvalue weighted by Crippen LogP contribution is 2.40. The smallest absolute Gasteiger partial charge is 0.248 e. The van der Waals surface area contributed by atoms with Crippen molar-refractivity contribution in [2.24, 2.45) is 0 Å². The van der Waals surface area contributed by atoms with E-state index < -0.39 is 12.0 Å². The minimum absolute atomic E-state index is 0.0442. The molecular formula is C18H27F2N3O2. The minimum Gasteiger partial charge on any atom is -0.357 e. The summed E-state index contributed by atoms with van der Waals surface area (Å²) < 4.78 is 26.6. The summed E-state index contributed by atoms with van der Waals surface area (Å²) in [5.74, 6) is -3.35. The Hall–Kier alpha value is -2.05. The molecule has 5 nitrogen and oxygen atoms in total. The van der Waals surface area contributed by atoms with Crippen LogP contribution in [-0.2, 0) is 9.59 Å². The number of carbonyl (C=O) groups is 2. The highest BCUT2D eigenvalue weighted by Gasteiger charge is 2.36. The van der Waals surface area contributed by atoms with E-state index in [4.69, 9.17) is 0 Å². The first-order chi connectivity index (χ1) is 11.8. The Balaban J connectivity index is 0.00000151. The van der Waals surface area contributed by atoms with Crippen LogP contribution in [0, 0.1) is 0 Å². The highest BCUT2D eigenvalue weighted by molar-refractivity contribution is 5.87. The molecule has 1 aliphatic rings. The zero-order valence-corrected chi connectivity index (χ0v) is 15.2. The Morgan fingerprint density at radius 3 is 2.36 bits per heavy atom. The maximum Gasteiger partial charge on any atom is 0.248 e. The van der Waals surface area contributed by atoms with Gasteiger partial charge in [-0.15, -0.1) is 0 Å². The lowest BCUT2D eigenvalue weighted by molar-refractivity contribution is -0.128. The number of likely N-dealkylation sites (N-methyl/N-ethyl adjacent to an activating group) is 1. The summed E-state index contributed by atoms with van der Waals surface area (Å²) in [6.07, 6.45) is 0.449. The molecule has 2 rings (SSSR count). The van der Waals surface area contributed by atoms with Crippen molar-refractivity contribution in [2.45, 2.75) is 64.3 Å². The molecule has 0 bridgehead atoms. The van der Waals surface area contributed by atoms with Crippen LogP contribution in [0.2, 0.25) is 0 Å². The first-order valence-electron chi connectivity index (χ1n) is 8.66. The molecule has 0 saturated heterocycles. The Morgan fingerprint density at radius 2 is 1.84 bits per heavy atom. The third-order valence-corrected chi connectivity index (χ3v) is 4.08. The molecule has 0 spiro atoms. The second-order valence-corrected chi connectivity index (χ2v) is 5.87. The van der Waals surface area contributed by atoms with Crippen LogP contribution < -0.4 is 10.6 Å². The molecule has 2 amide bonds. The lowest BCUT2D eigenvalue weighted by Gasteiger charge is -2.28. The van der Waals surface area contributed by atoms with Crippen LogP contribution in [0.3, 0.4) is 0 Å². The Morgan fingerprint density at radius 1 is 1.24 bits per heavy atom. The number of halogens is 2. The predicted octanol–water partition coefficient (Wildman–Crippen LogP) is 3.32. The number of carbonyl (C=O) groups excluding carboxylic acids is 2. The number of amides is 2. The summed E-state index contributed by atoms with van der Waals surface area (Å²) in [6.45, 7) is 5.32. The fourth-order valence-electron chi connectivity index (χ4n) is 2.81. The van der Waals surface area contributed by atoms with E-state index >= 15 is 0 Å². The van der Waals surface area contributed by atoms with Crippen LogP contribution >= 0.6 is 0 Å². The van der Waals surface area contributed by atoms with Gasteiger partial charge in [-0.3, -0.25) is 14.6 Å². The number of hydrogen-bond acceptors (Lipinski definition) is 3. The van der Waals surface area contributed by atoms with Gasteiger partial charge in [0.1, 0.15) is 0 Å². The number of nitrogens with one attached hydrogen (secondary N) is 2. The van der Waals surface area contributed by atoms with Crippen LogP contribution in [-0.4, -0.2) is 29.8 Å². The van der Waals surface area contributed by atoms with Gasteiger partial charge in [0.2, 0.25) is 17.7 Å². The third kappa shape index (κ3) is 6.07. The standard InChI is InChI=1S/C16H21F2N3O2.C2H6/c1-10(22)20-14(15(23)19-2)13-5-3-4-12(21-13)11-6-8-16(17,18)9-7-11;1-2/h3-5,11,14H,6-9H2,1-2H3,(H,19,23)(H,20,22);1-2H3. The Labute approximate surface area is 147 Å². The van der Waals surface area contributed by atoms with E-state index in [1.165, 1.54) is 14.0 Å². The number of nitrogens with zero attached hydrogens (tertiary/aromatic N) is 1. The van der Waals surface area contributed by atoms with E-state index in [1.54, 1.807) is 18.2 Å². The zero-order valence-electron chi connectivity index (χ0n) is 15.2. The number of alkyl halides is 2. The molecule has 25 heavy (non-hydrogen) atoms. The second-order valence-electron chi connectivity index (χ2n) is 5.87. The van der Waals surface area contributed by atoms with Gasteiger partial charge in [0.15, 0.2) is 6.04 Å². The van der Waals surface area contributed by atoms with Crippen molar-refractivity contribution < 1.29 is 18.4 Å². The van der Waals surface area contributed by atoms with Crippen LogP contribution in [0.4, 0.5) is 8.78 Å². The first kappa shape index (κ1) is 21.0. The Kier molecular flexibility index (Phi) is 7.93. The fourth-order valence-corrected chi connectivity index (χ4v) is 2.81. The van der Waals surface area contributed by atoms with E-state index in [-0.39, 0.29) is 30.6 Å². The SMILES string of the molecule is CC.CNC(=O)C(NC(C)=O)c1cccc(C2CCC(F)(F)CC2)n1. The molecule has 2 N–H and O–H groups in total. The van der Waals surface area contributed by atoms with Gasteiger partial charge in [0.25, 0.3) is 0 Å². The lowest BCUT2D eigenvalue weighted by Crippen LogP contribution is -2.38. The van der Waals surface area contributed by atoms with Crippen LogP contribution in [0.1, 0.15) is 69.8 Å². The fraction of sp³-hybridized carbons (Fsp3) is 0.611. The summed E-state index contributed by atoms with van der Waals surface area (Å²) in [5.41, 5.74) is 1.10. The monoisotopic (exact) mass is 355 g/mol. The van der Waals surface area contributed by atoms with Gasteiger partial charge < -0.3 is 10.6 Å². The largest absolute Gasteiger partial charge is 0.357 e. The molecule has 1 unspecified atom stereocenters. The van der Waals surface area contributed by atoms with Crippen molar-refractivity contribution in [3.05, 3.63) is 29.6 Å². The van der Waals surface area contributed by atoms with Crippen molar-refractivity contribution in [1.29, 1.82) is 0 Å². The lowest BCUT2D eigenvalue weighted by atomic mass is 9.84. The number of rotatable bonds is 4. The highest BCUT2D eigenvalue weighted by atomic mass is 19.3. The maximum atomic E-state index is 13.3. The second kappa shape index (κ2) is 9.44. The third-order valence-electron chi connectivity index (χ3n) is 4.08. The molecule has 1 aliphatic carbocycles. The summed E-state index contributed by atoms with van der Waals surface area (Å²) >= 11 is 0. The molecule has 1 aromatic heterocycles. The first-order valence-corrected chi connectivity index (χ1v) is 8.66. The van der Waals surface area contributed by atoms with Crippen LogP contribution in [0.15, 0.2) is 18.2 Å². The Bertz CT molecular complexity index is 583. The molecule has 0 radical (unpaired) electrons. The van der Waals surface area contributed by atoms with Gasteiger partial charge in [0.05, 0.1) is 5.69 Å². The quantitative estimate of drug-likeness (QED) is 0.870. The van der Waals surface area contributed by atoms with Gasteiger partial charge in [-0.2, -0.15) is 0 Å². The zero-order chi connectivity index (χ0) is 19.0. The normalized spacial score (nSPS) is 17.7. The minimum atomic E-state index is -2.59. The average Bonchev–Trinajstić information content (AvgIpc) is 2.60. The molecule has 0 aliphatic heterocycles. The average molecular weight is 355 g/mol. The van der Waals surface area contributed by atoms with E-state index in [9.17, 15) is 18.4 Å². The van der Waals surface area contributed by atoms with Gasteiger partial charge in [0, 0.05) is 38.4 Å². The molecule has 0 aromatic carbocycles. The molecule has 1 saturated carbocycles. The van der Waals surface area contributed by atoms with Crippen molar-refractivity contribution >= 4 is 11.8 Å². The molecule has 1 heterocycles. The van der Waals surface area contributed by atoms with Crippen molar-refractivity contribution in [2.75, 3.05) is 7.05 Å². The topological polar surface area (TPSA) is 71.1 Å². The van der Waals surface area contributed by atoms with Gasteiger partial charge >= 0.3 is 0 Å². The van der Waals surface area contributed by atoms with Gasteiger partial charge in [-0.25, -0.2) is 8.78 Å². The molecular weight excluding hydrogens is 328 g/mol. The number of pyridine rings is 1. The summed E-state index contributed by atoms with van der Waals surface area (Å²) in [5, 5.41) is 5.04. The summed E-state index contributed by atoms with van der Waals surface area (Å²) in [4.78, 5) is 27.7. The number of hydrogen-bond donors (Lipinski definition) is 2. The maximum absolute atomic E-state index is 13.3. The molecule has 7 heteroatoms. The van der Waals surface area contributed by atoms with Crippen molar-refractivity contribution in [3.63, 3.8) is 0 Å².